The highest BCUT2D eigenvalue weighted by atomic mass is 16.3. The van der Waals surface area contributed by atoms with Crippen LogP contribution in [0.5, 0.6) is 0 Å². The fourth-order valence-electron chi connectivity index (χ4n) is 2.58. The van der Waals surface area contributed by atoms with Crippen LogP contribution in [0, 0.1) is 6.92 Å². The van der Waals surface area contributed by atoms with E-state index in [1.807, 2.05) is 6.92 Å². The van der Waals surface area contributed by atoms with Crippen molar-refractivity contribution in [3.05, 3.63) is 11.6 Å². The molecule has 1 aromatic heterocycles. The minimum Gasteiger partial charge on any atom is -0.388 e. The summed E-state index contributed by atoms with van der Waals surface area (Å²) in [5.74, 6) is 1.81. The van der Waals surface area contributed by atoms with Gasteiger partial charge in [0.2, 0.25) is 0 Å². The van der Waals surface area contributed by atoms with Crippen molar-refractivity contribution >= 4 is 0 Å². The van der Waals surface area contributed by atoms with E-state index >= 15 is 0 Å². The second-order valence-electron chi connectivity index (χ2n) is 5.35. The monoisotopic (exact) mass is 238 g/mol. The van der Waals surface area contributed by atoms with E-state index < -0.39 is 5.60 Å². The first-order chi connectivity index (χ1) is 8.03. The van der Waals surface area contributed by atoms with Crippen molar-refractivity contribution in [1.82, 2.24) is 14.8 Å². The van der Waals surface area contributed by atoms with Gasteiger partial charge in [0.15, 0.2) is 0 Å². The molecule has 1 aliphatic rings. The zero-order chi connectivity index (χ0) is 12.5. The summed E-state index contributed by atoms with van der Waals surface area (Å²) in [6, 6.07) is 0.508. The van der Waals surface area contributed by atoms with Gasteiger partial charge in [0.05, 0.1) is 5.60 Å². The van der Waals surface area contributed by atoms with Crippen molar-refractivity contribution in [2.75, 3.05) is 6.54 Å². The van der Waals surface area contributed by atoms with Crippen molar-refractivity contribution < 1.29 is 5.11 Å². The van der Waals surface area contributed by atoms with Gasteiger partial charge in [-0.2, -0.15) is 0 Å². The van der Waals surface area contributed by atoms with E-state index in [-0.39, 0.29) is 6.54 Å². The fourth-order valence-corrected chi connectivity index (χ4v) is 2.58. The summed E-state index contributed by atoms with van der Waals surface area (Å²) in [7, 11) is 0. The number of rotatable bonds is 4. The third-order valence-electron chi connectivity index (χ3n) is 3.61. The van der Waals surface area contributed by atoms with Crippen LogP contribution in [0.4, 0.5) is 0 Å². The molecule has 0 amide bonds. The standard InChI is InChI=1S/C12H22N4O/c1-9-14-15-11(7-12(2,17)8-13)16(9)10-5-3-4-6-10/h10,17H,3-8,13H2,1-2H3. The van der Waals surface area contributed by atoms with Crippen LogP contribution in [0.1, 0.15) is 50.3 Å². The maximum absolute atomic E-state index is 10.0. The number of hydrogen-bond acceptors (Lipinski definition) is 4. The molecule has 0 bridgehead atoms. The predicted octanol–water partition coefficient (Wildman–Crippen LogP) is 0.954. The van der Waals surface area contributed by atoms with Crippen LogP contribution in [0.2, 0.25) is 0 Å². The number of nitrogens with zero attached hydrogens (tertiary/aromatic N) is 3. The zero-order valence-electron chi connectivity index (χ0n) is 10.7. The Balaban J connectivity index is 2.22. The average molecular weight is 238 g/mol. The Bertz CT molecular complexity index is 380. The molecule has 2 rings (SSSR count). The molecular weight excluding hydrogens is 216 g/mol. The quantitative estimate of drug-likeness (QED) is 0.819. The molecule has 0 aromatic carbocycles. The van der Waals surface area contributed by atoms with Gasteiger partial charge in [0.25, 0.3) is 0 Å². The summed E-state index contributed by atoms with van der Waals surface area (Å²) < 4.78 is 2.19. The lowest BCUT2D eigenvalue weighted by Gasteiger charge is -2.22. The lowest BCUT2D eigenvalue weighted by atomic mass is 10.0. The highest BCUT2D eigenvalue weighted by Gasteiger charge is 2.27. The van der Waals surface area contributed by atoms with Gasteiger partial charge in [0.1, 0.15) is 11.6 Å². The number of aromatic nitrogens is 3. The van der Waals surface area contributed by atoms with Gasteiger partial charge in [0, 0.05) is 19.0 Å². The molecule has 5 heteroatoms. The Morgan fingerprint density at radius 3 is 2.65 bits per heavy atom. The smallest absolute Gasteiger partial charge is 0.136 e. The van der Waals surface area contributed by atoms with Gasteiger partial charge < -0.3 is 15.4 Å². The van der Waals surface area contributed by atoms with Crippen LogP contribution >= 0.6 is 0 Å². The summed E-state index contributed by atoms with van der Waals surface area (Å²) in [6.07, 6.45) is 5.40. The topological polar surface area (TPSA) is 77.0 Å². The number of aryl methyl sites for hydroxylation is 1. The normalized spacial score (nSPS) is 20.7. The SMILES string of the molecule is Cc1nnc(CC(C)(O)CN)n1C1CCCC1. The molecule has 17 heavy (non-hydrogen) atoms. The first-order valence-corrected chi connectivity index (χ1v) is 6.36. The summed E-state index contributed by atoms with van der Waals surface area (Å²) in [5, 5.41) is 18.4. The molecule has 1 heterocycles. The van der Waals surface area contributed by atoms with Crippen molar-refractivity contribution in [2.24, 2.45) is 5.73 Å². The average Bonchev–Trinajstić information content (AvgIpc) is 2.88. The molecule has 3 N–H and O–H groups in total. The lowest BCUT2D eigenvalue weighted by Crippen LogP contribution is -2.37. The minimum absolute atomic E-state index is 0.240. The summed E-state index contributed by atoms with van der Waals surface area (Å²) >= 11 is 0. The second kappa shape index (κ2) is 4.74. The number of aliphatic hydroxyl groups is 1. The van der Waals surface area contributed by atoms with Crippen molar-refractivity contribution in [2.45, 2.75) is 57.6 Å². The van der Waals surface area contributed by atoms with Crippen molar-refractivity contribution in [3.63, 3.8) is 0 Å². The molecule has 1 fully saturated rings. The van der Waals surface area contributed by atoms with Gasteiger partial charge in [-0.15, -0.1) is 10.2 Å². The largest absolute Gasteiger partial charge is 0.388 e. The Morgan fingerprint density at radius 1 is 1.41 bits per heavy atom. The fraction of sp³-hybridized carbons (Fsp3) is 0.833. The van der Waals surface area contributed by atoms with Gasteiger partial charge in [-0.1, -0.05) is 12.8 Å². The van der Waals surface area contributed by atoms with Crippen LogP contribution in [-0.2, 0) is 6.42 Å². The molecule has 0 saturated heterocycles. The Labute approximate surface area is 102 Å². The zero-order valence-corrected chi connectivity index (χ0v) is 10.7. The number of hydrogen-bond donors (Lipinski definition) is 2. The summed E-state index contributed by atoms with van der Waals surface area (Å²) in [6.45, 7) is 3.96. The molecule has 1 aromatic rings. The Kier molecular flexibility index (Phi) is 3.49. The molecule has 0 spiro atoms. The molecule has 0 radical (unpaired) electrons. The third kappa shape index (κ3) is 2.66. The molecule has 1 unspecified atom stereocenters. The van der Waals surface area contributed by atoms with E-state index in [0.717, 1.165) is 11.6 Å². The van der Waals surface area contributed by atoms with E-state index in [0.29, 0.717) is 12.5 Å². The van der Waals surface area contributed by atoms with E-state index in [2.05, 4.69) is 14.8 Å². The molecule has 96 valence electrons. The molecule has 1 aliphatic carbocycles. The Hall–Kier alpha value is -0.940. The third-order valence-corrected chi connectivity index (χ3v) is 3.61. The lowest BCUT2D eigenvalue weighted by molar-refractivity contribution is 0.0661. The van der Waals surface area contributed by atoms with Crippen molar-refractivity contribution in [3.8, 4) is 0 Å². The first kappa shape index (κ1) is 12.5. The van der Waals surface area contributed by atoms with Gasteiger partial charge in [-0.05, 0) is 26.7 Å². The minimum atomic E-state index is -0.893. The van der Waals surface area contributed by atoms with Crippen LogP contribution < -0.4 is 5.73 Å². The Morgan fingerprint density at radius 2 is 2.06 bits per heavy atom. The maximum Gasteiger partial charge on any atom is 0.136 e. The van der Waals surface area contributed by atoms with E-state index in [4.69, 9.17) is 5.73 Å². The summed E-state index contributed by atoms with van der Waals surface area (Å²) in [5.41, 5.74) is 4.66. The van der Waals surface area contributed by atoms with Crippen LogP contribution in [0.25, 0.3) is 0 Å². The van der Waals surface area contributed by atoms with Crippen molar-refractivity contribution in [1.29, 1.82) is 0 Å². The molecule has 5 nitrogen and oxygen atoms in total. The van der Waals surface area contributed by atoms with Crippen LogP contribution in [0.15, 0.2) is 0 Å². The highest BCUT2D eigenvalue weighted by Crippen LogP contribution is 2.31. The maximum atomic E-state index is 10.0. The molecule has 1 saturated carbocycles. The van der Waals surface area contributed by atoms with Gasteiger partial charge in [-0.3, -0.25) is 0 Å². The molecular formula is C12H22N4O. The molecule has 0 aliphatic heterocycles. The van der Waals surface area contributed by atoms with E-state index in [1.165, 1.54) is 25.7 Å². The van der Waals surface area contributed by atoms with Gasteiger partial charge >= 0.3 is 0 Å². The first-order valence-electron chi connectivity index (χ1n) is 6.36. The highest BCUT2D eigenvalue weighted by molar-refractivity contribution is 5.02. The molecule has 1 atom stereocenters. The predicted molar refractivity (Wildman–Crippen MR) is 65.6 cm³/mol. The van der Waals surface area contributed by atoms with E-state index in [1.54, 1.807) is 6.92 Å². The van der Waals surface area contributed by atoms with E-state index in [9.17, 15) is 5.11 Å². The van der Waals surface area contributed by atoms with Crippen LogP contribution in [-0.4, -0.2) is 32.0 Å². The summed E-state index contributed by atoms with van der Waals surface area (Å²) in [4.78, 5) is 0. The number of nitrogens with two attached hydrogens (primary N) is 1. The second-order valence-corrected chi connectivity index (χ2v) is 5.35. The van der Waals surface area contributed by atoms with Gasteiger partial charge in [-0.25, -0.2) is 0 Å². The van der Waals surface area contributed by atoms with Crippen LogP contribution in [0.3, 0.4) is 0 Å².